The molecule has 0 saturated carbocycles. The zero-order valence-electron chi connectivity index (χ0n) is 18.4. The molecule has 4 rings (SSSR count). The number of carbonyl (C=O) groups excluding carboxylic acids is 3. The summed E-state index contributed by atoms with van der Waals surface area (Å²) < 4.78 is 5.36. The Morgan fingerprint density at radius 2 is 1.74 bits per heavy atom. The normalized spacial score (nSPS) is 15.0. The van der Waals surface area contributed by atoms with Crippen LogP contribution in [0, 0.1) is 6.92 Å². The molecule has 172 valence electrons. The van der Waals surface area contributed by atoms with E-state index in [1.165, 1.54) is 12.1 Å². The molecule has 1 heterocycles. The van der Waals surface area contributed by atoms with Gasteiger partial charge in [0.25, 0.3) is 11.8 Å². The fraction of sp³-hybridized carbons (Fsp3) is 0.115. The fourth-order valence-electron chi connectivity index (χ4n) is 3.71. The van der Waals surface area contributed by atoms with Crippen molar-refractivity contribution in [2.75, 3.05) is 12.0 Å². The van der Waals surface area contributed by atoms with Gasteiger partial charge < -0.3 is 4.74 Å². The van der Waals surface area contributed by atoms with Crippen LogP contribution in [0.25, 0.3) is 6.08 Å². The van der Waals surface area contributed by atoms with Gasteiger partial charge in [0.05, 0.1) is 12.8 Å². The molecular formula is C26H20Cl2N2O4. The number of benzene rings is 3. The first-order valence-corrected chi connectivity index (χ1v) is 11.1. The Morgan fingerprint density at radius 1 is 0.971 bits per heavy atom. The molecule has 6 nitrogen and oxygen atoms in total. The summed E-state index contributed by atoms with van der Waals surface area (Å²) in [5, 5.41) is 3.21. The third-order valence-corrected chi connectivity index (χ3v) is 6.11. The molecule has 4 amide bonds. The third kappa shape index (κ3) is 4.69. The molecule has 1 aliphatic rings. The lowest BCUT2D eigenvalue weighted by Gasteiger charge is -2.27. The molecule has 0 aliphatic carbocycles. The predicted octanol–water partition coefficient (Wildman–Crippen LogP) is 5.57. The molecule has 3 aromatic rings. The molecule has 0 radical (unpaired) electrons. The van der Waals surface area contributed by atoms with Gasteiger partial charge in [0.2, 0.25) is 0 Å². The van der Waals surface area contributed by atoms with Gasteiger partial charge in [-0.05, 0) is 72.0 Å². The van der Waals surface area contributed by atoms with Crippen molar-refractivity contribution >= 4 is 52.8 Å². The van der Waals surface area contributed by atoms with Crippen LogP contribution in [0.1, 0.15) is 22.3 Å². The lowest BCUT2D eigenvalue weighted by Crippen LogP contribution is -2.54. The van der Waals surface area contributed by atoms with E-state index in [4.69, 9.17) is 27.9 Å². The van der Waals surface area contributed by atoms with Gasteiger partial charge >= 0.3 is 6.03 Å². The number of imide groups is 2. The lowest BCUT2D eigenvalue weighted by atomic mass is 9.96. The first kappa shape index (κ1) is 23.5. The number of anilines is 1. The van der Waals surface area contributed by atoms with Crippen LogP contribution < -0.4 is 15.0 Å². The summed E-state index contributed by atoms with van der Waals surface area (Å²) in [6.07, 6.45) is 1.92. The van der Waals surface area contributed by atoms with Crippen LogP contribution >= 0.6 is 23.2 Å². The molecule has 8 heteroatoms. The topological polar surface area (TPSA) is 75.7 Å². The lowest BCUT2D eigenvalue weighted by molar-refractivity contribution is -0.122. The van der Waals surface area contributed by atoms with Crippen molar-refractivity contribution in [1.29, 1.82) is 0 Å². The minimum Gasteiger partial charge on any atom is -0.497 e. The third-order valence-electron chi connectivity index (χ3n) is 5.50. The number of rotatable bonds is 5. The van der Waals surface area contributed by atoms with Crippen LogP contribution in [0.3, 0.4) is 0 Å². The molecular weight excluding hydrogens is 475 g/mol. The number of barbiturate groups is 1. The van der Waals surface area contributed by atoms with Crippen LogP contribution in [0.5, 0.6) is 5.75 Å². The molecule has 0 aromatic heterocycles. The first-order chi connectivity index (χ1) is 16.3. The van der Waals surface area contributed by atoms with Gasteiger partial charge in [-0.2, -0.15) is 0 Å². The highest BCUT2D eigenvalue weighted by atomic mass is 35.5. The van der Waals surface area contributed by atoms with E-state index in [9.17, 15) is 14.4 Å². The number of methoxy groups -OCH3 is 1. The van der Waals surface area contributed by atoms with E-state index < -0.39 is 17.8 Å². The Kier molecular flexibility index (Phi) is 6.72. The smallest absolute Gasteiger partial charge is 0.335 e. The minimum atomic E-state index is -0.830. The van der Waals surface area contributed by atoms with Gasteiger partial charge in [-0.25, -0.2) is 9.69 Å². The summed E-state index contributed by atoms with van der Waals surface area (Å²) in [6.45, 7) is 1.75. The number of halogens is 2. The monoisotopic (exact) mass is 494 g/mol. The van der Waals surface area contributed by atoms with Crippen molar-refractivity contribution in [2.45, 2.75) is 13.3 Å². The summed E-state index contributed by atoms with van der Waals surface area (Å²) >= 11 is 12.4. The average Bonchev–Trinajstić information content (AvgIpc) is 2.81. The largest absolute Gasteiger partial charge is 0.497 e. The average molecular weight is 495 g/mol. The van der Waals surface area contributed by atoms with Gasteiger partial charge in [0, 0.05) is 10.0 Å². The molecule has 3 aromatic carbocycles. The highest BCUT2D eigenvalue weighted by molar-refractivity contribution is 6.39. The molecule has 1 N–H and O–H groups in total. The van der Waals surface area contributed by atoms with Gasteiger partial charge in [0.1, 0.15) is 11.3 Å². The highest BCUT2D eigenvalue weighted by Gasteiger charge is 2.37. The van der Waals surface area contributed by atoms with Crippen molar-refractivity contribution < 1.29 is 19.1 Å². The summed E-state index contributed by atoms with van der Waals surface area (Å²) in [5.41, 5.74) is 3.08. The van der Waals surface area contributed by atoms with Gasteiger partial charge in [-0.15, -0.1) is 0 Å². The standard InChI is InChI=1S/C26H20Cl2N2O4/c1-15-7-9-19(27)14-23(15)30-25(32)21(24(31)29-26(30)33)13-16-8-10-20(34-2)12-18(16)11-17-5-3-4-6-22(17)28/h3-10,12-14H,11H2,1-2H3,(H,29,31,33)/b21-13+. The molecule has 1 saturated heterocycles. The summed E-state index contributed by atoms with van der Waals surface area (Å²) in [5.74, 6) is -0.890. The minimum absolute atomic E-state index is 0.176. The number of nitrogens with zero attached hydrogens (tertiary/aromatic N) is 1. The van der Waals surface area contributed by atoms with Crippen LogP contribution in [-0.2, 0) is 16.0 Å². The Balaban J connectivity index is 1.79. The van der Waals surface area contributed by atoms with Crippen molar-refractivity contribution in [3.63, 3.8) is 0 Å². The van der Waals surface area contributed by atoms with E-state index in [0.717, 1.165) is 16.0 Å². The number of nitrogens with one attached hydrogen (secondary N) is 1. The second-order valence-corrected chi connectivity index (χ2v) is 8.57. The maximum atomic E-state index is 13.3. The quantitative estimate of drug-likeness (QED) is 0.371. The number of hydrogen-bond donors (Lipinski definition) is 1. The molecule has 34 heavy (non-hydrogen) atoms. The molecule has 0 unspecified atom stereocenters. The Morgan fingerprint density at radius 3 is 2.47 bits per heavy atom. The molecule has 0 bridgehead atoms. The van der Waals surface area contributed by atoms with E-state index in [-0.39, 0.29) is 5.57 Å². The molecule has 1 aliphatic heterocycles. The van der Waals surface area contributed by atoms with Crippen molar-refractivity contribution in [1.82, 2.24) is 5.32 Å². The van der Waals surface area contributed by atoms with E-state index in [1.807, 2.05) is 24.3 Å². The van der Waals surface area contributed by atoms with E-state index in [2.05, 4.69) is 5.32 Å². The second-order valence-electron chi connectivity index (χ2n) is 7.72. The molecule has 0 spiro atoms. The van der Waals surface area contributed by atoms with E-state index in [1.54, 1.807) is 44.4 Å². The summed E-state index contributed by atoms with van der Waals surface area (Å²) in [6, 6.07) is 16.8. The van der Waals surface area contributed by atoms with Crippen molar-refractivity contribution in [2.24, 2.45) is 0 Å². The predicted molar refractivity (Wildman–Crippen MR) is 132 cm³/mol. The van der Waals surface area contributed by atoms with Crippen LogP contribution in [0.2, 0.25) is 10.0 Å². The van der Waals surface area contributed by atoms with Crippen LogP contribution in [0.4, 0.5) is 10.5 Å². The number of aryl methyl sites for hydroxylation is 1. The fourth-order valence-corrected chi connectivity index (χ4v) is 4.07. The van der Waals surface area contributed by atoms with E-state index >= 15 is 0 Å². The zero-order valence-corrected chi connectivity index (χ0v) is 19.9. The second kappa shape index (κ2) is 9.71. The maximum Gasteiger partial charge on any atom is 0.335 e. The summed E-state index contributed by atoms with van der Waals surface area (Å²) in [4.78, 5) is 39.5. The number of amides is 4. The number of ether oxygens (including phenoxy) is 1. The molecule has 0 atom stereocenters. The van der Waals surface area contributed by atoms with Crippen molar-refractivity contribution in [3.8, 4) is 5.75 Å². The Bertz CT molecular complexity index is 1350. The summed E-state index contributed by atoms with van der Waals surface area (Å²) in [7, 11) is 1.56. The van der Waals surface area contributed by atoms with Crippen LogP contribution in [-0.4, -0.2) is 25.0 Å². The number of carbonyl (C=O) groups is 3. The van der Waals surface area contributed by atoms with Gasteiger partial charge in [-0.3, -0.25) is 14.9 Å². The number of hydrogen-bond acceptors (Lipinski definition) is 4. The van der Waals surface area contributed by atoms with Crippen LogP contribution in [0.15, 0.2) is 66.2 Å². The Labute approximate surface area is 206 Å². The highest BCUT2D eigenvalue weighted by Crippen LogP contribution is 2.30. The zero-order chi connectivity index (χ0) is 24.4. The van der Waals surface area contributed by atoms with Gasteiger partial charge in [-0.1, -0.05) is 53.5 Å². The maximum absolute atomic E-state index is 13.3. The van der Waals surface area contributed by atoms with Crippen molar-refractivity contribution in [3.05, 3.63) is 98.5 Å². The Hall–Kier alpha value is -3.61. The van der Waals surface area contributed by atoms with E-state index in [0.29, 0.717) is 39.0 Å². The SMILES string of the molecule is COc1ccc(/C=C2\C(=O)NC(=O)N(c3cc(Cl)ccc3C)C2=O)c(Cc2ccccc2Cl)c1. The number of urea groups is 1. The van der Waals surface area contributed by atoms with Gasteiger partial charge in [0.15, 0.2) is 0 Å². The molecule has 1 fully saturated rings. The first-order valence-electron chi connectivity index (χ1n) is 10.4.